The minimum absolute atomic E-state index is 0.289. The first-order valence-electron chi connectivity index (χ1n) is 4.94. The lowest BCUT2D eigenvalue weighted by Crippen LogP contribution is -2.14. The largest absolute Gasteiger partial charge is 0.370 e. The van der Waals surface area contributed by atoms with E-state index in [0.717, 1.165) is 17.9 Å². The lowest BCUT2D eigenvalue weighted by atomic mass is 10.3. The summed E-state index contributed by atoms with van der Waals surface area (Å²) in [5.41, 5.74) is 5.49. The van der Waals surface area contributed by atoms with Gasteiger partial charge in [-0.15, -0.1) is 0 Å². The van der Waals surface area contributed by atoms with Crippen LogP contribution in [0.25, 0.3) is 0 Å². The number of hydrogen-bond donors (Lipinski definition) is 1. The van der Waals surface area contributed by atoms with Gasteiger partial charge in [-0.1, -0.05) is 12.1 Å². The Bertz CT molecular complexity index is 276. The van der Waals surface area contributed by atoms with Crippen LogP contribution < -0.4 is 5.73 Å². The molecule has 0 aliphatic rings. The lowest BCUT2D eigenvalue weighted by molar-refractivity contribution is 0.0804. The van der Waals surface area contributed by atoms with Gasteiger partial charge in [0.2, 0.25) is 0 Å². The van der Waals surface area contributed by atoms with Gasteiger partial charge in [-0.2, -0.15) is 16.7 Å². The normalized spacial score (nSPS) is 13.0. The molecular weight excluding hydrogens is 214 g/mol. The molecule has 1 aromatic rings. The molecule has 0 aliphatic heterocycles. The predicted molar refractivity (Wildman–Crippen MR) is 59.6 cm³/mol. The first-order valence-corrected chi connectivity index (χ1v) is 6.10. The fourth-order valence-electron chi connectivity index (χ4n) is 1.06. The van der Waals surface area contributed by atoms with E-state index in [1.54, 1.807) is 18.9 Å². The quantitative estimate of drug-likeness (QED) is 0.714. The minimum Gasteiger partial charge on any atom is -0.370 e. The van der Waals surface area contributed by atoms with Gasteiger partial charge >= 0.3 is 0 Å². The van der Waals surface area contributed by atoms with Crippen LogP contribution in [0.15, 0.2) is 4.52 Å². The van der Waals surface area contributed by atoms with E-state index >= 15 is 0 Å². The Morgan fingerprint density at radius 3 is 3.00 bits per heavy atom. The Morgan fingerprint density at radius 1 is 1.60 bits per heavy atom. The van der Waals surface area contributed by atoms with Crippen LogP contribution in [0.5, 0.6) is 0 Å². The molecule has 0 spiro atoms. The summed E-state index contributed by atoms with van der Waals surface area (Å²) in [6, 6.07) is 0. The van der Waals surface area contributed by atoms with E-state index in [4.69, 9.17) is 15.0 Å². The highest BCUT2D eigenvalue weighted by Gasteiger charge is 2.16. The molecule has 1 unspecified atom stereocenters. The Kier molecular flexibility index (Phi) is 5.67. The van der Waals surface area contributed by atoms with E-state index in [9.17, 15) is 0 Å². The van der Waals surface area contributed by atoms with Crippen molar-refractivity contribution >= 4 is 11.8 Å². The molecule has 5 nitrogen and oxygen atoms in total. The molecule has 1 aromatic heterocycles. The molecule has 0 radical (unpaired) electrons. The maximum atomic E-state index is 5.49. The molecule has 0 amide bonds. The van der Waals surface area contributed by atoms with Crippen LogP contribution >= 0.6 is 11.8 Å². The van der Waals surface area contributed by atoms with Gasteiger partial charge in [-0.25, -0.2) is 0 Å². The van der Waals surface area contributed by atoms with Crippen molar-refractivity contribution in [3.63, 3.8) is 0 Å². The number of thioether (sulfide) groups is 1. The molecule has 1 atom stereocenters. The van der Waals surface area contributed by atoms with E-state index in [1.807, 2.05) is 0 Å². The first kappa shape index (κ1) is 12.5. The third kappa shape index (κ3) is 3.81. The average Bonchev–Trinajstić information content (AvgIpc) is 2.69. The van der Waals surface area contributed by atoms with Crippen molar-refractivity contribution in [3.05, 3.63) is 11.7 Å². The van der Waals surface area contributed by atoms with Crippen molar-refractivity contribution in [1.29, 1.82) is 0 Å². The maximum Gasteiger partial charge on any atom is 0.257 e. The summed E-state index contributed by atoms with van der Waals surface area (Å²) in [7, 11) is 1.58. The molecule has 1 heterocycles. The van der Waals surface area contributed by atoms with Crippen molar-refractivity contribution in [2.75, 3.05) is 19.4 Å². The van der Waals surface area contributed by atoms with E-state index in [1.165, 1.54) is 0 Å². The molecule has 0 aliphatic carbocycles. The second-order valence-electron chi connectivity index (χ2n) is 3.06. The molecule has 6 heteroatoms. The molecule has 86 valence electrons. The second-order valence-corrected chi connectivity index (χ2v) is 4.17. The van der Waals surface area contributed by atoms with Gasteiger partial charge < -0.3 is 15.0 Å². The highest BCUT2D eigenvalue weighted by atomic mass is 32.2. The highest BCUT2D eigenvalue weighted by Crippen LogP contribution is 2.15. The van der Waals surface area contributed by atoms with E-state index < -0.39 is 0 Å². The Labute approximate surface area is 93.7 Å². The smallest absolute Gasteiger partial charge is 0.257 e. The van der Waals surface area contributed by atoms with Crippen LogP contribution in [0, 0.1) is 0 Å². The molecule has 0 fully saturated rings. The molecule has 0 saturated carbocycles. The van der Waals surface area contributed by atoms with Gasteiger partial charge in [0.25, 0.3) is 5.89 Å². The fraction of sp³-hybridized carbons (Fsp3) is 0.778. The Balaban J connectivity index is 2.47. The number of nitrogens with zero attached hydrogens (tertiary/aromatic N) is 2. The third-order valence-corrected chi connectivity index (χ3v) is 3.00. The maximum absolute atomic E-state index is 5.49. The van der Waals surface area contributed by atoms with Crippen molar-refractivity contribution < 1.29 is 9.26 Å². The van der Waals surface area contributed by atoms with Crippen molar-refractivity contribution in [1.82, 2.24) is 10.1 Å². The number of aromatic nitrogens is 2. The van der Waals surface area contributed by atoms with Crippen LogP contribution in [0.1, 0.15) is 31.2 Å². The van der Waals surface area contributed by atoms with Crippen LogP contribution in [0.4, 0.5) is 0 Å². The van der Waals surface area contributed by atoms with Crippen molar-refractivity contribution in [2.45, 2.75) is 25.2 Å². The van der Waals surface area contributed by atoms with Crippen LogP contribution in [0.2, 0.25) is 0 Å². The van der Waals surface area contributed by atoms with Crippen LogP contribution in [0.3, 0.4) is 0 Å². The summed E-state index contributed by atoms with van der Waals surface area (Å²) in [5.74, 6) is 3.05. The zero-order valence-electron chi connectivity index (χ0n) is 9.10. The Morgan fingerprint density at radius 2 is 2.40 bits per heavy atom. The SMILES string of the molecule is CCCSCc1noc(C(CN)OC)n1. The van der Waals surface area contributed by atoms with Crippen LogP contribution in [-0.4, -0.2) is 29.5 Å². The van der Waals surface area contributed by atoms with E-state index in [0.29, 0.717) is 18.3 Å². The molecule has 0 bridgehead atoms. The molecular formula is C9H17N3O2S. The van der Waals surface area contributed by atoms with Gasteiger partial charge in [0.05, 0.1) is 5.75 Å². The molecule has 0 saturated heterocycles. The number of rotatable bonds is 7. The summed E-state index contributed by atoms with van der Waals surface area (Å²) in [5, 5.41) is 3.86. The second kappa shape index (κ2) is 6.81. The molecule has 2 N–H and O–H groups in total. The van der Waals surface area contributed by atoms with Gasteiger partial charge in [0.1, 0.15) is 6.10 Å². The first-order chi connectivity index (χ1) is 7.31. The number of nitrogens with two attached hydrogens (primary N) is 1. The van der Waals surface area contributed by atoms with Crippen LogP contribution in [-0.2, 0) is 10.5 Å². The van der Waals surface area contributed by atoms with Crippen molar-refractivity contribution in [3.8, 4) is 0 Å². The number of ether oxygens (including phenoxy) is 1. The van der Waals surface area contributed by atoms with E-state index in [-0.39, 0.29) is 6.10 Å². The minimum atomic E-state index is -0.289. The zero-order chi connectivity index (χ0) is 11.1. The van der Waals surface area contributed by atoms with Gasteiger partial charge in [-0.05, 0) is 12.2 Å². The van der Waals surface area contributed by atoms with Crippen molar-refractivity contribution in [2.24, 2.45) is 5.73 Å². The summed E-state index contributed by atoms with van der Waals surface area (Å²) >= 11 is 1.79. The average molecular weight is 231 g/mol. The summed E-state index contributed by atoms with van der Waals surface area (Å²) in [4.78, 5) is 4.22. The molecule has 0 aromatic carbocycles. The fourth-order valence-corrected chi connectivity index (χ4v) is 1.80. The summed E-state index contributed by atoms with van der Waals surface area (Å²) in [6.45, 7) is 2.49. The summed E-state index contributed by atoms with van der Waals surface area (Å²) in [6.07, 6.45) is 0.862. The highest BCUT2D eigenvalue weighted by molar-refractivity contribution is 7.98. The van der Waals surface area contributed by atoms with Gasteiger partial charge in [0.15, 0.2) is 5.82 Å². The standard InChI is InChI=1S/C9H17N3O2S/c1-3-4-15-6-8-11-9(14-12-8)7(5-10)13-2/h7H,3-6,10H2,1-2H3. The Hall–Kier alpha value is -0.590. The van der Waals surface area contributed by atoms with Gasteiger partial charge in [-0.3, -0.25) is 0 Å². The summed E-state index contributed by atoms with van der Waals surface area (Å²) < 4.78 is 10.2. The molecule has 1 rings (SSSR count). The predicted octanol–water partition coefficient (Wildman–Crippen LogP) is 1.36. The number of hydrogen-bond acceptors (Lipinski definition) is 6. The van der Waals surface area contributed by atoms with Gasteiger partial charge in [0, 0.05) is 13.7 Å². The van der Waals surface area contributed by atoms with E-state index in [2.05, 4.69) is 17.1 Å². The zero-order valence-corrected chi connectivity index (χ0v) is 9.92. The third-order valence-electron chi connectivity index (χ3n) is 1.84. The lowest BCUT2D eigenvalue weighted by Gasteiger charge is -2.05. The molecule has 15 heavy (non-hydrogen) atoms. The number of methoxy groups -OCH3 is 1. The topological polar surface area (TPSA) is 74.2 Å². The monoisotopic (exact) mass is 231 g/mol.